The Hall–Kier alpha value is -2.63. The molecule has 0 spiro atoms. The molecule has 1 heterocycles. The Morgan fingerprint density at radius 2 is 1.46 bits per heavy atom. The minimum absolute atomic E-state index is 0.00262. The van der Waals surface area contributed by atoms with Gasteiger partial charge < -0.3 is 4.90 Å². The predicted molar refractivity (Wildman–Crippen MR) is 144 cm³/mol. The molecule has 0 radical (unpaired) electrons. The van der Waals surface area contributed by atoms with Crippen molar-refractivity contribution in [2.24, 2.45) is 0 Å². The fraction of sp³-hybridized carbons (Fsp3) is 0.240. The van der Waals surface area contributed by atoms with Crippen molar-refractivity contribution in [1.82, 2.24) is 9.21 Å². The lowest BCUT2D eigenvalue weighted by Gasteiger charge is -2.35. The quantitative estimate of drug-likeness (QED) is 0.420. The van der Waals surface area contributed by atoms with E-state index in [0.717, 1.165) is 9.87 Å². The number of anilines is 1. The van der Waals surface area contributed by atoms with E-state index in [1.807, 2.05) is 6.92 Å². The van der Waals surface area contributed by atoms with Crippen LogP contribution in [0.1, 0.15) is 5.56 Å². The Kier molecular flexibility index (Phi) is 8.15. The molecule has 12 heteroatoms. The maximum absolute atomic E-state index is 13.5. The topological polar surface area (TPSA) is 95.1 Å². The standard InChI is InChI=1S/C25H25Cl2N3O5S2/c1-19-7-10-22(11-8-19)36(32,33)29-15-13-28(14-16-29)25(31)18-30(24-12-9-20(26)17-23(24)27)37(34,35)21-5-3-2-4-6-21/h2-12,17H,13-16,18H2,1H3. The SMILES string of the molecule is Cc1ccc(S(=O)(=O)N2CCN(C(=O)CN(c3ccc(Cl)cc3Cl)S(=O)(=O)c3ccccc3)CC2)cc1. The van der Waals surface area contributed by atoms with Crippen LogP contribution in [0, 0.1) is 6.92 Å². The van der Waals surface area contributed by atoms with Crippen molar-refractivity contribution in [3.05, 3.63) is 88.4 Å². The minimum Gasteiger partial charge on any atom is -0.338 e. The van der Waals surface area contributed by atoms with Crippen molar-refractivity contribution in [1.29, 1.82) is 0 Å². The molecule has 0 unspecified atom stereocenters. The van der Waals surface area contributed by atoms with E-state index in [-0.39, 0.29) is 46.7 Å². The number of hydrogen-bond acceptors (Lipinski definition) is 5. The Morgan fingerprint density at radius 1 is 0.838 bits per heavy atom. The van der Waals surface area contributed by atoms with Crippen molar-refractivity contribution in [3.8, 4) is 0 Å². The van der Waals surface area contributed by atoms with E-state index >= 15 is 0 Å². The summed E-state index contributed by atoms with van der Waals surface area (Å²) in [7, 11) is -7.85. The summed E-state index contributed by atoms with van der Waals surface area (Å²) >= 11 is 12.3. The van der Waals surface area contributed by atoms with Crippen LogP contribution in [0.5, 0.6) is 0 Å². The molecular formula is C25H25Cl2N3O5S2. The average molecular weight is 583 g/mol. The van der Waals surface area contributed by atoms with Gasteiger partial charge in [-0.1, -0.05) is 59.1 Å². The Balaban J connectivity index is 1.54. The van der Waals surface area contributed by atoms with Gasteiger partial charge in [0.05, 0.1) is 20.5 Å². The van der Waals surface area contributed by atoms with Gasteiger partial charge in [0, 0.05) is 31.2 Å². The number of amides is 1. The van der Waals surface area contributed by atoms with Crippen LogP contribution < -0.4 is 4.31 Å². The number of sulfonamides is 2. The molecule has 3 aromatic carbocycles. The maximum Gasteiger partial charge on any atom is 0.264 e. The Morgan fingerprint density at radius 3 is 2.05 bits per heavy atom. The normalized spacial score (nSPS) is 14.9. The third-order valence-corrected chi connectivity index (χ3v) is 10.3. The third kappa shape index (κ3) is 5.94. The first kappa shape index (κ1) is 27.4. The zero-order valence-electron chi connectivity index (χ0n) is 19.9. The monoisotopic (exact) mass is 581 g/mol. The number of nitrogens with zero attached hydrogens (tertiary/aromatic N) is 3. The number of rotatable bonds is 7. The minimum atomic E-state index is -4.14. The zero-order valence-corrected chi connectivity index (χ0v) is 23.1. The first-order chi connectivity index (χ1) is 17.5. The number of hydrogen-bond donors (Lipinski definition) is 0. The number of aryl methyl sites for hydroxylation is 1. The van der Waals surface area contributed by atoms with Crippen LogP contribution in [0.4, 0.5) is 5.69 Å². The molecule has 1 amide bonds. The van der Waals surface area contributed by atoms with Gasteiger partial charge in [0.1, 0.15) is 6.54 Å². The smallest absolute Gasteiger partial charge is 0.264 e. The molecule has 0 saturated carbocycles. The van der Waals surface area contributed by atoms with E-state index in [9.17, 15) is 21.6 Å². The number of carbonyl (C=O) groups excluding carboxylic acids is 1. The molecule has 3 aromatic rings. The largest absolute Gasteiger partial charge is 0.338 e. The number of benzene rings is 3. The molecule has 0 atom stereocenters. The van der Waals surface area contributed by atoms with E-state index in [2.05, 4.69) is 0 Å². The second-order valence-electron chi connectivity index (χ2n) is 8.52. The first-order valence-electron chi connectivity index (χ1n) is 11.4. The molecule has 0 aromatic heterocycles. The summed E-state index contributed by atoms with van der Waals surface area (Å²) in [6.45, 7) is 1.79. The van der Waals surface area contributed by atoms with Crippen LogP contribution in [0.25, 0.3) is 0 Å². The summed E-state index contributed by atoms with van der Waals surface area (Å²) in [5, 5.41) is 0.400. The van der Waals surface area contributed by atoms with Gasteiger partial charge >= 0.3 is 0 Å². The van der Waals surface area contributed by atoms with Crippen molar-refractivity contribution < 1.29 is 21.6 Å². The van der Waals surface area contributed by atoms with E-state index < -0.39 is 32.5 Å². The molecule has 1 aliphatic rings. The molecule has 4 rings (SSSR count). The summed E-state index contributed by atoms with van der Waals surface area (Å²) in [4.78, 5) is 14.9. The fourth-order valence-corrected chi connectivity index (χ4v) is 7.40. The van der Waals surface area contributed by atoms with Crippen LogP contribution in [-0.4, -0.2) is 64.7 Å². The summed E-state index contributed by atoms with van der Waals surface area (Å²) in [5.41, 5.74) is 1.06. The second-order valence-corrected chi connectivity index (χ2v) is 13.2. The highest BCUT2D eigenvalue weighted by Gasteiger charge is 2.33. The molecule has 0 aliphatic carbocycles. The van der Waals surface area contributed by atoms with E-state index in [1.54, 1.807) is 42.5 Å². The van der Waals surface area contributed by atoms with Crippen LogP contribution in [0.2, 0.25) is 10.0 Å². The molecule has 1 fully saturated rings. The van der Waals surface area contributed by atoms with Gasteiger partial charge in [-0.15, -0.1) is 0 Å². The van der Waals surface area contributed by atoms with E-state index in [4.69, 9.17) is 23.2 Å². The van der Waals surface area contributed by atoms with Gasteiger partial charge in [0.25, 0.3) is 10.0 Å². The van der Waals surface area contributed by atoms with Crippen LogP contribution in [-0.2, 0) is 24.8 Å². The van der Waals surface area contributed by atoms with E-state index in [1.165, 1.54) is 39.5 Å². The summed E-state index contributed by atoms with van der Waals surface area (Å²) in [6, 6.07) is 18.7. The highest BCUT2D eigenvalue weighted by molar-refractivity contribution is 7.93. The number of halogens is 2. The summed E-state index contributed by atoms with van der Waals surface area (Å²) in [5.74, 6) is -0.474. The second kappa shape index (κ2) is 11.0. The van der Waals surface area contributed by atoms with Gasteiger partial charge in [-0.05, 0) is 49.4 Å². The fourth-order valence-electron chi connectivity index (χ4n) is 3.96. The summed E-state index contributed by atoms with van der Waals surface area (Å²) in [6.07, 6.45) is 0. The van der Waals surface area contributed by atoms with Gasteiger partial charge in [-0.25, -0.2) is 16.8 Å². The lowest BCUT2D eigenvalue weighted by molar-refractivity contribution is -0.130. The van der Waals surface area contributed by atoms with Crippen LogP contribution in [0.15, 0.2) is 82.6 Å². The highest BCUT2D eigenvalue weighted by atomic mass is 35.5. The summed E-state index contributed by atoms with van der Waals surface area (Å²) < 4.78 is 55.3. The lowest BCUT2D eigenvalue weighted by Crippen LogP contribution is -2.53. The van der Waals surface area contributed by atoms with Crippen molar-refractivity contribution in [3.63, 3.8) is 0 Å². The average Bonchev–Trinajstić information content (AvgIpc) is 2.88. The predicted octanol–water partition coefficient (Wildman–Crippen LogP) is 4.03. The van der Waals surface area contributed by atoms with E-state index in [0.29, 0.717) is 5.02 Å². The molecule has 196 valence electrons. The van der Waals surface area contributed by atoms with Crippen LogP contribution >= 0.6 is 23.2 Å². The lowest BCUT2D eigenvalue weighted by atomic mass is 10.2. The third-order valence-electron chi connectivity index (χ3n) is 6.04. The molecule has 1 saturated heterocycles. The molecule has 0 N–H and O–H groups in total. The Labute approximate surface area is 227 Å². The van der Waals surface area contributed by atoms with Gasteiger partial charge in [0.2, 0.25) is 15.9 Å². The van der Waals surface area contributed by atoms with Gasteiger partial charge in [-0.2, -0.15) is 4.31 Å². The van der Waals surface area contributed by atoms with Crippen molar-refractivity contribution in [2.75, 3.05) is 37.0 Å². The molecular weight excluding hydrogens is 557 g/mol. The first-order valence-corrected chi connectivity index (χ1v) is 15.0. The zero-order chi connectivity index (χ0) is 26.8. The number of carbonyl (C=O) groups is 1. The molecule has 8 nitrogen and oxygen atoms in total. The molecule has 37 heavy (non-hydrogen) atoms. The number of piperazine rings is 1. The molecule has 1 aliphatic heterocycles. The van der Waals surface area contributed by atoms with Gasteiger partial charge in [-0.3, -0.25) is 9.10 Å². The van der Waals surface area contributed by atoms with Gasteiger partial charge in [0.15, 0.2) is 0 Å². The molecule has 0 bridgehead atoms. The van der Waals surface area contributed by atoms with Crippen molar-refractivity contribution in [2.45, 2.75) is 16.7 Å². The Bertz CT molecular complexity index is 1490. The highest BCUT2D eigenvalue weighted by Crippen LogP contribution is 2.33. The van der Waals surface area contributed by atoms with Crippen LogP contribution in [0.3, 0.4) is 0 Å². The van der Waals surface area contributed by atoms with Crippen molar-refractivity contribution >= 4 is 54.8 Å². The maximum atomic E-state index is 13.5.